The van der Waals surface area contributed by atoms with Crippen LogP contribution in [0.15, 0.2) is 24.3 Å². The van der Waals surface area contributed by atoms with Crippen LogP contribution in [0.2, 0.25) is 0 Å². The van der Waals surface area contributed by atoms with Crippen LogP contribution in [0.3, 0.4) is 0 Å². The first-order chi connectivity index (χ1) is 25.5. The fraction of sp³-hybridized carbons (Fsp3) is 0.891. The normalized spacial score (nSPS) is 14.3. The highest BCUT2D eigenvalue weighted by Crippen LogP contribution is 2.16. The van der Waals surface area contributed by atoms with Crippen LogP contribution in [0.1, 0.15) is 232 Å². The summed E-state index contributed by atoms with van der Waals surface area (Å²) in [4.78, 5) is 12.5. The van der Waals surface area contributed by atoms with Gasteiger partial charge in [0.25, 0.3) is 0 Å². The third kappa shape index (κ3) is 34.6. The van der Waals surface area contributed by atoms with E-state index in [1.807, 2.05) is 0 Å². The van der Waals surface area contributed by atoms with Crippen LogP contribution in [-0.4, -0.2) is 57.3 Å². The maximum atomic E-state index is 12.5. The second kappa shape index (κ2) is 41.0. The smallest absolute Gasteiger partial charge is 0.249 e. The molecule has 308 valence electrons. The molecule has 4 atom stereocenters. The third-order valence-electron chi connectivity index (χ3n) is 10.6. The van der Waals surface area contributed by atoms with Gasteiger partial charge in [0, 0.05) is 0 Å². The second-order valence-corrected chi connectivity index (χ2v) is 15.7. The lowest BCUT2D eigenvalue weighted by Gasteiger charge is -2.27. The number of aliphatic hydroxyl groups is 4. The minimum atomic E-state index is -1.28. The Kier molecular flexibility index (Phi) is 40.0. The molecule has 0 fully saturated rings. The molecule has 0 aliphatic heterocycles. The van der Waals surface area contributed by atoms with Crippen molar-refractivity contribution in [1.82, 2.24) is 5.32 Å². The number of rotatable bonds is 41. The summed E-state index contributed by atoms with van der Waals surface area (Å²) in [6.07, 6.45) is 46.5. The van der Waals surface area contributed by atoms with Gasteiger partial charge in [0.1, 0.15) is 12.2 Å². The number of amides is 1. The molecular formula is C46H89NO5. The third-order valence-corrected chi connectivity index (χ3v) is 10.6. The summed E-state index contributed by atoms with van der Waals surface area (Å²) in [5, 5.41) is 43.5. The monoisotopic (exact) mass is 736 g/mol. The highest BCUT2D eigenvalue weighted by Gasteiger charge is 2.28. The maximum absolute atomic E-state index is 12.5. The lowest BCUT2D eigenvalue weighted by molar-refractivity contribution is -0.132. The van der Waals surface area contributed by atoms with Gasteiger partial charge in [-0.15, -0.1) is 0 Å². The van der Waals surface area contributed by atoms with Crippen LogP contribution in [-0.2, 0) is 4.79 Å². The van der Waals surface area contributed by atoms with Crippen LogP contribution in [0.5, 0.6) is 0 Å². The van der Waals surface area contributed by atoms with E-state index in [1.54, 1.807) is 0 Å². The van der Waals surface area contributed by atoms with Gasteiger partial charge in [0.15, 0.2) is 0 Å². The zero-order chi connectivity index (χ0) is 38.2. The quantitative estimate of drug-likeness (QED) is 0.0317. The van der Waals surface area contributed by atoms with Crippen molar-refractivity contribution in [3.8, 4) is 0 Å². The Balaban J connectivity index is 3.67. The number of hydrogen-bond acceptors (Lipinski definition) is 5. The average molecular weight is 736 g/mol. The standard InChI is InChI=1S/C46H89NO5/c1-3-5-7-9-11-13-15-16-17-18-19-20-21-22-23-24-25-26-27-28-30-32-34-36-38-40-44(50)46(52)47-42(41-48)45(51)43(49)39-37-35-33-31-29-14-12-10-8-6-4-2/h22-23,31,33,42-45,48-51H,3-21,24-30,32,34-41H2,1-2H3,(H,47,52)/b23-22-,33-31+. The van der Waals surface area contributed by atoms with Gasteiger partial charge in [-0.2, -0.15) is 0 Å². The van der Waals surface area contributed by atoms with Crippen LogP contribution in [0, 0.1) is 0 Å². The Hall–Kier alpha value is -1.21. The van der Waals surface area contributed by atoms with Crippen molar-refractivity contribution < 1.29 is 25.2 Å². The van der Waals surface area contributed by atoms with E-state index in [9.17, 15) is 25.2 Å². The van der Waals surface area contributed by atoms with E-state index in [-0.39, 0.29) is 0 Å². The molecule has 52 heavy (non-hydrogen) atoms. The number of hydrogen-bond donors (Lipinski definition) is 5. The number of nitrogens with one attached hydrogen (secondary N) is 1. The Bertz CT molecular complexity index is 787. The molecule has 0 aromatic carbocycles. The molecule has 0 saturated carbocycles. The summed E-state index contributed by atoms with van der Waals surface area (Å²) in [7, 11) is 0. The summed E-state index contributed by atoms with van der Waals surface area (Å²) in [6, 6.07) is -1.000. The molecule has 0 bridgehead atoms. The number of unbranched alkanes of at least 4 members (excludes halogenated alkanes) is 28. The minimum Gasteiger partial charge on any atom is -0.394 e. The Morgan fingerprint density at radius 1 is 0.462 bits per heavy atom. The first-order valence-corrected chi connectivity index (χ1v) is 22.7. The SMILES string of the molecule is CCCCCCCC/C=C/CCCC(O)C(O)C(CO)NC(=O)C(O)CCCCCCCCCCC/C=C\CCCCCCCCCCCCCC. The lowest BCUT2D eigenvalue weighted by Crippen LogP contribution is -2.53. The van der Waals surface area contributed by atoms with E-state index >= 15 is 0 Å². The molecule has 0 saturated heterocycles. The number of aliphatic hydroxyl groups excluding tert-OH is 4. The van der Waals surface area contributed by atoms with E-state index < -0.39 is 36.9 Å². The topological polar surface area (TPSA) is 110 Å². The largest absolute Gasteiger partial charge is 0.394 e. The van der Waals surface area contributed by atoms with Crippen molar-refractivity contribution in [2.24, 2.45) is 0 Å². The molecule has 0 heterocycles. The van der Waals surface area contributed by atoms with Gasteiger partial charge < -0.3 is 25.7 Å². The van der Waals surface area contributed by atoms with Gasteiger partial charge in [-0.3, -0.25) is 4.79 Å². The molecule has 4 unspecified atom stereocenters. The molecule has 6 nitrogen and oxygen atoms in total. The van der Waals surface area contributed by atoms with Crippen molar-refractivity contribution in [2.45, 2.75) is 257 Å². The number of carbonyl (C=O) groups is 1. The Labute approximate surface area is 323 Å². The van der Waals surface area contributed by atoms with E-state index in [1.165, 1.54) is 167 Å². The first-order valence-electron chi connectivity index (χ1n) is 22.7. The molecular weight excluding hydrogens is 647 g/mol. The van der Waals surface area contributed by atoms with Gasteiger partial charge in [-0.1, -0.05) is 192 Å². The summed E-state index contributed by atoms with van der Waals surface area (Å²) >= 11 is 0. The molecule has 0 aliphatic carbocycles. The maximum Gasteiger partial charge on any atom is 0.249 e. The van der Waals surface area contributed by atoms with Gasteiger partial charge in [-0.25, -0.2) is 0 Å². The highest BCUT2D eigenvalue weighted by molar-refractivity contribution is 5.80. The van der Waals surface area contributed by atoms with E-state index in [4.69, 9.17) is 0 Å². The van der Waals surface area contributed by atoms with Crippen molar-refractivity contribution >= 4 is 5.91 Å². The van der Waals surface area contributed by atoms with Crippen molar-refractivity contribution in [2.75, 3.05) is 6.61 Å². The molecule has 6 heteroatoms. The minimum absolute atomic E-state index is 0.362. The molecule has 5 N–H and O–H groups in total. The zero-order valence-corrected chi connectivity index (χ0v) is 34.6. The predicted octanol–water partition coefficient (Wildman–Crippen LogP) is 12.0. The average Bonchev–Trinajstić information content (AvgIpc) is 3.15. The molecule has 0 rings (SSSR count). The number of allylic oxidation sites excluding steroid dienone is 4. The van der Waals surface area contributed by atoms with Crippen molar-refractivity contribution in [3.05, 3.63) is 24.3 Å². The summed E-state index contributed by atoms with van der Waals surface area (Å²) in [6.45, 7) is 4.02. The second-order valence-electron chi connectivity index (χ2n) is 15.7. The fourth-order valence-corrected chi connectivity index (χ4v) is 6.99. The highest BCUT2D eigenvalue weighted by atomic mass is 16.3. The van der Waals surface area contributed by atoms with Crippen LogP contribution >= 0.6 is 0 Å². The van der Waals surface area contributed by atoms with E-state index in [0.29, 0.717) is 12.8 Å². The number of carbonyl (C=O) groups excluding carboxylic acids is 1. The van der Waals surface area contributed by atoms with Crippen molar-refractivity contribution in [3.63, 3.8) is 0 Å². The van der Waals surface area contributed by atoms with Crippen LogP contribution in [0.4, 0.5) is 0 Å². The molecule has 0 aliphatic rings. The summed E-state index contributed by atoms with van der Waals surface area (Å²) < 4.78 is 0. The Morgan fingerprint density at radius 2 is 0.788 bits per heavy atom. The molecule has 0 aromatic rings. The van der Waals surface area contributed by atoms with Crippen LogP contribution in [0.25, 0.3) is 0 Å². The summed E-state index contributed by atoms with van der Waals surface area (Å²) in [5.74, 6) is -0.595. The Morgan fingerprint density at radius 3 is 1.15 bits per heavy atom. The lowest BCUT2D eigenvalue weighted by atomic mass is 10.00. The zero-order valence-electron chi connectivity index (χ0n) is 34.6. The molecule has 1 amide bonds. The van der Waals surface area contributed by atoms with Gasteiger partial charge >= 0.3 is 0 Å². The van der Waals surface area contributed by atoms with E-state index in [2.05, 4.69) is 43.5 Å². The summed E-state index contributed by atoms with van der Waals surface area (Å²) in [5.41, 5.74) is 0. The van der Waals surface area contributed by atoms with E-state index in [0.717, 1.165) is 38.5 Å². The molecule has 0 aromatic heterocycles. The van der Waals surface area contributed by atoms with Crippen LogP contribution < -0.4 is 5.32 Å². The van der Waals surface area contributed by atoms with Gasteiger partial charge in [-0.05, 0) is 64.2 Å². The molecule has 0 radical (unpaired) electrons. The van der Waals surface area contributed by atoms with Gasteiger partial charge in [0.2, 0.25) is 5.91 Å². The van der Waals surface area contributed by atoms with Crippen molar-refractivity contribution in [1.29, 1.82) is 0 Å². The fourth-order valence-electron chi connectivity index (χ4n) is 6.99. The predicted molar refractivity (Wildman–Crippen MR) is 224 cm³/mol. The molecule has 0 spiro atoms. The first kappa shape index (κ1) is 50.8. The van der Waals surface area contributed by atoms with Gasteiger partial charge in [0.05, 0.1) is 18.8 Å².